The summed E-state index contributed by atoms with van der Waals surface area (Å²) in [4.78, 5) is 19.3. The second-order valence-corrected chi connectivity index (χ2v) is 5.42. The van der Waals surface area contributed by atoms with E-state index in [1.807, 2.05) is 11.0 Å². The molecule has 3 nitrogen and oxygen atoms in total. The summed E-state index contributed by atoms with van der Waals surface area (Å²) in [5.74, 6) is 0.0806. The zero-order valence-corrected chi connectivity index (χ0v) is 11.5. The second-order valence-electron chi connectivity index (χ2n) is 4.54. The number of pyridine rings is 1. The average Bonchev–Trinajstić information content (AvgIpc) is 2.77. The zero-order valence-electron chi connectivity index (χ0n) is 10.7. The molecule has 19 heavy (non-hydrogen) atoms. The Morgan fingerprint density at radius 3 is 2.74 bits per heavy atom. The Morgan fingerprint density at radius 1 is 1.26 bits per heavy atom. The van der Waals surface area contributed by atoms with Crippen LogP contribution in [0, 0.1) is 0 Å². The molecule has 0 saturated heterocycles. The Kier molecular flexibility index (Phi) is 3.25. The van der Waals surface area contributed by atoms with Crippen molar-refractivity contribution in [3.63, 3.8) is 0 Å². The van der Waals surface area contributed by atoms with Crippen molar-refractivity contribution in [3.05, 3.63) is 59.4 Å². The molecule has 2 aromatic rings. The largest absolute Gasteiger partial charge is 0.330 e. The highest BCUT2D eigenvalue weighted by Crippen LogP contribution is 2.24. The predicted molar refractivity (Wildman–Crippen MR) is 76.0 cm³/mol. The van der Waals surface area contributed by atoms with Gasteiger partial charge in [0.25, 0.3) is 5.91 Å². The minimum absolute atomic E-state index is 0.0806. The minimum Gasteiger partial charge on any atom is -0.330 e. The first kappa shape index (κ1) is 12.2. The number of nitrogens with zero attached hydrogens (tertiary/aromatic N) is 2. The first-order valence-corrected chi connectivity index (χ1v) is 7.35. The van der Waals surface area contributed by atoms with Crippen LogP contribution in [-0.4, -0.2) is 22.0 Å². The maximum atomic E-state index is 12.2. The van der Waals surface area contributed by atoms with E-state index in [1.165, 1.54) is 4.90 Å². The van der Waals surface area contributed by atoms with Gasteiger partial charge in [-0.25, -0.2) is 0 Å². The third-order valence-corrected chi connectivity index (χ3v) is 4.07. The third kappa shape index (κ3) is 2.36. The predicted octanol–water partition coefficient (Wildman–Crippen LogP) is 2.96. The number of carbonyl (C=O) groups excluding carboxylic acids is 1. The van der Waals surface area contributed by atoms with Crippen LogP contribution in [0.5, 0.6) is 0 Å². The van der Waals surface area contributed by atoms with Gasteiger partial charge in [-0.05, 0) is 35.6 Å². The topological polar surface area (TPSA) is 33.2 Å². The van der Waals surface area contributed by atoms with E-state index in [4.69, 9.17) is 0 Å². The maximum absolute atomic E-state index is 12.2. The monoisotopic (exact) mass is 270 g/mol. The standard InChI is InChI=1S/C15H14N2OS/c1-19-13-4-2-11(3-5-13)9-17-10-12-6-7-16-8-14(12)15(17)18/h2-8H,9-10H2,1H3. The summed E-state index contributed by atoms with van der Waals surface area (Å²) in [5.41, 5.74) is 2.97. The second kappa shape index (κ2) is 5.05. The van der Waals surface area contributed by atoms with E-state index in [9.17, 15) is 4.79 Å². The molecule has 0 radical (unpaired) electrons. The van der Waals surface area contributed by atoms with E-state index in [1.54, 1.807) is 24.2 Å². The number of thioether (sulfide) groups is 1. The first-order valence-electron chi connectivity index (χ1n) is 6.13. The van der Waals surface area contributed by atoms with E-state index in [2.05, 4.69) is 35.5 Å². The number of rotatable bonds is 3. The Morgan fingerprint density at radius 2 is 2.05 bits per heavy atom. The van der Waals surface area contributed by atoms with E-state index in [0.717, 1.165) is 16.7 Å². The van der Waals surface area contributed by atoms with Crippen LogP contribution in [0.2, 0.25) is 0 Å². The summed E-state index contributed by atoms with van der Waals surface area (Å²) in [5, 5.41) is 0. The molecule has 96 valence electrons. The molecule has 2 heterocycles. The van der Waals surface area contributed by atoms with Gasteiger partial charge in [-0.2, -0.15) is 0 Å². The Labute approximate surface area is 116 Å². The fourth-order valence-corrected chi connectivity index (χ4v) is 2.69. The number of hydrogen-bond donors (Lipinski definition) is 0. The molecule has 0 N–H and O–H groups in total. The lowest BCUT2D eigenvalue weighted by atomic mass is 10.2. The summed E-state index contributed by atoms with van der Waals surface area (Å²) in [7, 11) is 0. The van der Waals surface area contributed by atoms with Crippen molar-refractivity contribution in [2.24, 2.45) is 0 Å². The van der Waals surface area contributed by atoms with Crippen LogP contribution >= 0.6 is 11.8 Å². The lowest BCUT2D eigenvalue weighted by Crippen LogP contribution is -2.23. The van der Waals surface area contributed by atoms with Crippen molar-refractivity contribution in [3.8, 4) is 0 Å². The van der Waals surface area contributed by atoms with E-state index >= 15 is 0 Å². The van der Waals surface area contributed by atoms with E-state index in [0.29, 0.717) is 13.1 Å². The van der Waals surface area contributed by atoms with Gasteiger partial charge in [0.2, 0.25) is 0 Å². The number of hydrogen-bond acceptors (Lipinski definition) is 3. The fraction of sp³-hybridized carbons (Fsp3) is 0.200. The Balaban J connectivity index is 1.77. The van der Waals surface area contributed by atoms with Crippen molar-refractivity contribution in [2.45, 2.75) is 18.0 Å². The quantitative estimate of drug-likeness (QED) is 0.804. The van der Waals surface area contributed by atoms with Crippen molar-refractivity contribution in [2.75, 3.05) is 6.26 Å². The van der Waals surface area contributed by atoms with Crippen LogP contribution < -0.4 is 0 Å². The molecule has 0 atom stereocenters. The van der Waals surface area contributed by atoms with Crippen LogP contribution in [0.25, 0.3) is 0 Å². The number of fused-ring (bicyclic) bond motifs is 1. The van der Waals surface area contributed by atoms with Gasteiger partial charge in [0, 0.05) is 30.4 Å². The number of amides is 1. The van der Waals surface area contributed by atoms with Gasteiger partial charge in [-0.1, -0.05) is 12.1 Å². The highest BCUT2D eigenvalue weighted by Gasteiger charge is 2.26. The number of benzene rings is 1. The third-order valence-electron chi connectivity index (χ3n) is 3.32. The van der Waals surface area contributed by atoms with Gasteiger partial charge in [0.15, 0.2) is 0 Å². The molecule has 1 aliphatic heterocycles. The van der Waals surface area contributed by atoms with Crippen molar-refractivity contribution < 1.29 is 4.79 Å². The summed E-state index contributed by atoms with van der Waals surface area (Å²) in [6.45, 7) is 1.34. The molecule has 0 saturated carbocycles. The normalized spacial score (nSPS) is 13.7. The molecule has 3 rings (SSSR count). The van der Waals surface area contributed by atoms with Gasteiger partial charge in [-0.15, -0.1) is 11.8 Å². The first-order chi connectivity index (χ1) is 9.28. The highest BCUT2D eigenvalue weighted by atomic mass is 32.2. The molecule has 1 amide bonds. The highest BCUT2D eigenvalue weighted by molar-refractivity contribution is 7.98. The summed E-state index contributed by atoms with van der Waals surface area (Å²) in [6.07, 6.45) is 5.46. The molecule has 1 aliphatic rings. The van der Waals surface area contributed by atoms with Gasteiger partial charge < -0.3 is 4.90 Å². The molecular weight excluding hydrogens is 256 g/mol. The molecule has 1 aromatic heterocycles. The Bertz CT molecular complexity index is 610. The fourth-order valence-electron chi connectivity index (χ4n) is 2.28. The maximum Gasteiger partial charge on any atom is 0.256 e. The van der Waals surface area contributed by atoms with E-state index in [-0.39, 0.29) is 5.91 Å². The molecule has 0 bridgehead atoms. The van der Waals surface area contributed by atoms with Crippen LogP contribution in [0.15, 0.2) is 47.6 Å². The van der Waals surface area contributed by atoms with Gasteiger partial charge in [0.1, 0.15) is 0 Å². The van der Waals surface area contributed by atoms with E-state index < -0.39 is 0 Å². The molecular formula is C15H14N2OS. The van der Waals surface area contributed by atoms with Crippen molar-refractivity contribution in [1.29, 1.82) is 0 Å². The molecule has 1 aromatic carbocycles. The molecule has 0 spiro atoms. The van der Waals surface area contributed by atoms with Crippen LogP contribution in [0.1, 0.15) is 21.5 Å². The van der Waals surface area contributed by atoms with Gasteiger partial charge >= 0.3 is 0 Å². The lowest BCUT2D eigenvalue weighted by molar-refractivity contribution is 0.0766. The summed E-state index contributed by atoms with van der Waals surface area (Å²) < 4.78 is 0. The van der Waals surface area contributed by atoms with Gasteiger partial charge in [-0.3, -0.25) is 9.78 Å². The summed E-state index contributed by atoms with van der Waals surface area (Å²) in [6, 6.07) is 10.3. The minimum atomic E-state index is 0.0806. The molecule has 0 aliphatic carbocycles. The molecule has 0 unspecified atom stereocenters. The van der Waals surface area contributed by atoms with Crippen molar-refractivity contribution in [1.82, 2.24) is 9.88 Å². The zero-order chi connectivity index (χ0) is 13.2. The summed E-state index contributed by atoms with van der Waals surface area (Å²) >= 11 is 1.72. The Hall–Kier alpha value is -1.81. The van der Waals surface area contributed by atoms with Gasteiger partial charge in [0.05, 0.1) is 5.56 Å². The smallest absolute Gasteiger partial charge is 0.256 e. The average molecular weight is 270 g/mol. The molecule has 0 fully saturated rings. The number of carbonyl (C=O) groups is 1. The lowest BCUT2D eigenvalue weighted by Gasteiger charge is -2.15. The SMILES string of the molecule is CSc1ccc(CN2Cc3ccncc3C2=O)cc1. The van der Waals surface area contributed by atoms with Crippen molar-refractivity contribution >= 4 is 17.7 Å². The molecule has 4 heteroatoms. The van der Waals surface area contributed by atoms with Crippen LogP contribution in [0.4, 0.5) is 0 Å². The number of aromatic nitrogens is 1. The van der Waals surface area contributed by atoms with Crippen LogP contribution in [-0.2, 0) is 13.1 Å². The van der Waals surface area contributed by atoms with Crippen LogP contribution in [0.3, 0.4) is 0 Å².